The maximum absolute atomic E-state index is 13.7. The minimum absolute atomic E-state index is 0.106. The van der Waals surface area contributed by atoms with Gasteiger partial charge in [-0.2, -0.15) is 0 Å². The maximum Gasteiger partial charge on any atom is 0.319 e. The highest BCUT2D eigenvalue weighted by Crippen LogP contribution is 2.20. The number of benzene rings is 1. The fourth-order valence-electron chi connectivity index (χ4n) is 2.76. The summed E-state index contributed by atoms with van der Waals surface area (Å²) in [4.78, 5) is 14.0. The van der Waals surface area contributed by atoms with Crippen LogP contribution in [0.25, 0.3) is 0 Å². The first-order valence-electron chi connectivity index (χ1n) is 7.87. The number of anilines is 1. The first-order chi connectivity index (χ1) is 11.1. The van der Waals surface area contributed by atoms with E-state index in [1.165, 1.54) is 19.2 Å². The maximum atomic E-state index is 13.7. The van der Waals surface area contributed by atoms with E-state index in [1.807, 2.05) is 0 Å². The number of nitrogens with zero attached hydrogens (tertiary/aromatic N) is 1. The zero-order valence-corrected chi connectivity index (χ0v) is 13.3. The van der Waals surface area contributed by atoms with E-state index in [2.05, 4.69) is 15.5 Å². The molecule has 1 heterocycles. The average Bonchev–Trinajstić information content (AvgIpc) is 2.57. The normalized spacial score (nSPS) is 18.5. The molecular formula is C16H24FN3O3. The quantitative estimate of drug-likeness (QED) is 0.746. The number of carbonyl (C=O) groups excluding carboxylic acids is 1. The van der Waals surface area contributed by atoms with Gasteiger partial charge in [0.2, 0.25) is 0 Å². The third kappa shape index (κ3) is 5.07. The Morgan fingerprint density at radius 1 is 1.48 bits per heavy atom. The smallest absolute Gasteiger partial charge is 0.319 e. The van der Waals surface area contributed by atoms with Gasteiger partial charge in [-0.05, 0) is 31.5 Å². The van der Waals surface area contributed by atoms with Gasteiger partial charge in [-0.3, -0.25) is 4.90 Å². The molecule has 1 aliphatic heterocycles. The largest absolute Gasteiger partial charge is 0.497 e. The van der Waals surface area contributed by atoms with Gasteiger partial charge < -0.3 is 20.5 Å². The van der Waals surface area contributed by atoms with Crippen LogP contribution in [0.2, 0.25) is 0 Å². The fraction of sp³-hybridized carbons (Fsp3) is 0.562. The van der Waals surface area contributed by atoms with Crippen LogP contribution >= 0.6 is 0 Å². The summed E-state index contributed by atoms with van der Waals surface area (Å²) in [5.74, 6) is -0.149. The van der Waals surface area contributed by atoms with Crippen LogP contribution < -0.4 is 15.4 Å². The number of carbonyl (C=O) groups is 1. The number of methoxy groups -OCH3 is 1. The third-order valence-electron chi connectivity index (χ3n) is 4.07. The van der Waals surface area contributed by atoms with E-state index in [9.17, 15) is 14.3 Å². The summed E-state index contributed by atoms with van der Waals surface area (Å²) in [5, 5.41) is 14.5. The molecule has 1 saturated heterocycles. The Kier molecular flexibility index (Phi) is 6.61. The first kappa shape index (κ1) is 17.5. The number of aliphatic hydroxyl groups excluding tert-OH is 1. The van der Waals surface area contributed by atoms with Crippen molar-refractivity contribution >= 4 is 11.7 Å². The van der Waals surface area contributed by atoms with E-state index in [0.29, 0.717) is 18.8 Å². The molecule has 23 heavy (non-hydrogen) atoms. The number of ether oxygens (including phenoxy) is 1. The molecule has 6 nitrogen and oxygen atoms in total. The van der Waals surface area contributed by atoms with Gasteiger partial charge in [0.1, 0.15) is 11.6 Å². The van der Waals surface area contributed by atoms with Crippen LogP contribution in [-0.2, 0) is 0 Å². The lowest BCUT2D eigenvalue weighted by Crippen LogP contribution is -2.46. The van der Waals surface area contributed by atoms with Crippen molar-refractivity contribution < 1.29 is 19.0 Å². The minimum atomic E-state index is -0.545. The Hall–Kier alpha value is -1.86. The highest BCUT2D eigenvalue weighted by Gasteiger charge is 2.21. The van der Waals surface area contributed by atoms with Crippen molar-refractivity contribution in [1.82, 2.24) is 10.2 Å². The Bertz CT molecular complexity index is 527. The van der Waals surface area contributed by atoms with Crippen molar-refractivity contribution in [3.05, 3.63) is 24.0 Å². The Morgan fingerprint density at radius 3 is 3.00 bits per heavy atom. The molecule has 0 radical (unpaired) electrons. The number of urea groups is 1. The molecule has 1 aromatic rings. The third-order valence-corrected chi connectivity index (χ3v) is 4.07. The fourth-order valence-corrected chi connectivity index (χ4v) is 2.76. The van der Waals surface area contributed by atoms with Crippen LogP contribution in [0.3, 0.4) is 0 Å². The number of hydrogen-bond acceptors (Lipinski definition) is 4. The summed E-state index contributed by atoms with van der Waals surface area (Å²) in [7, 11) is 1.45. The molecule has 0 bridgehead atoms. The van der Waals surface area contributed by atoms with Gasteiger partial charge in [-0.1, -0.05) is 6.42 Å². The van der Waals surface area contributed by atoms with Crippen molar-refractivity contribution in [2.24, 2.45) is 0 Å². The number of nitrogens with one attached hydrogen (secondary N) is 2. The molecule has 0 unspecified atom stereocenters. The predicted octanol–water partition coefficient (Wildman–Crippen LogP) is 1.80. The molecule has 0 saturated carbocycles. The second-order valence-electron chi connectivity index (χ2n) is 5.59. The van der Waals surface area contributed by atoms with E-state index in [-0.39, 0.29) is 18.3 Å². The molecular weight excluding hydrogens is 301 g/mol. The lowest BCUT2D eigenvalue weighted by atomic mass is 10.0. The summed E-state index contributed by atoms with van der Waals surface area (Å²) in [6.07, 6.45) is 3.23. The molecule has 0 spiro atoms. The Morgan fingerprint density at radius 2 is 2.30 bits per heavy atom. The number of rotatable bonds is 6. The van der Waals surface area contributed by atoms with Crippen LogP contribution in [0.1, 0.15) is 19.3 Å². The molecule has 0 aromatic heterocycles. The summed E-state index contributed by atoms with van der Waals surface area (Å²) in [5.41, 5.74) is 0.106. The van der Waals surface area contributed by atoms with Gasteiger partial charge in [-0.15, -0.1) is 0 Å². The van der Waals surface area contributed by atoms with E-state index < -0.39 is 11.8 Å². The molecule has 1 atom stereocenters. The summed E-state index contributed by atoms with van der Waals surface area (Å²) in [6, 6.07) is 3.98. The first-order valence-corrected chi connectivity index (χ1v) is 7.87. The topological polar surface area (TPSA) is 73.8 Å². The summed E-state index contributed by atoms with van der Waals surface area (Å²) in [6.45, 7) is 2.19. The van der Waals surface area contributed by atoms with Gasteiger partial charge in [0, 0.05) is 25.2 Å². The molecule has 2 rings (SSSR count). The summed E-state index contributed by atoms with van der Waals surface area (Å²) < 4.78 is 18.7. The van der Waals surface area contributed by atoms with Crippen LogP contribution in [-0.4, -0.2) is 55.4 Å². The van der Waals surface area contributed by atoms with Gasteiger partial charge in [0.25, 0.3) is 0 Å². The standard InChI is InChI=1S/C16H24FN3O3/c1-23-13-5-6-15(14(17)10-13)19-16(22)18-7-9-20-8-3-2-4-12(20)11-21/h5-6,10,12,21H,2-4,7-9,11H2,1H3,(H2,18,19,22)/t12-/m1/s1. The van der Waals surface area contributed by atoms with Crippen LogP contribution in [0.5, 0.6) is 5.75 Å². The number of halogens is 1. The number of aliphatic hydroxyl groups is 1. The highest BCUT2D eigenvalue weighted by molar-refractivity contribution is 5.89. The number of amides is 2. The monoisotopic (exact) mass is 325 g/mol. The molecule has 0 aliphatic carbocycles. The highest BCUT2D eigenvalue weighted by atomic mass is 19.1. The molecule has 1 fully saturated rings. The van der Waals surface area contributed by atoms with Gasteiger partial charge in [0.05, 0.1) is 19.4 Å². The SMILES string of the molecule is COc1ccc(NC(=O)NCCN2CCCC[C@@H]2CO)c(F)c1. The molecule has 1 aliphatic rings. The van der Waals surface area contributed by atoms with E-state index >= 15 is 0 Å². The van der Waals surface area contributed by atoms with E-state index in [0.717, 1.165) is 25.8 Å². The summed E-state index contributed by atoms with van der Waals surface area (Å²) >= 11 is 0. The zero-order chi connectivity index (χ0) is 16.7. The van der Waals surface area contributed by atoms with Crippen molar-refractivity contribution in [2.45, 2.75) is 25.3 Å². The predicted molar refractivity (Wildman–Crippen MR) is 86.3 cm³/mol. The van der Waals surface area contributed by atoms with Crippen molar-refractivity contribution in [3.63, 3.8) is 0 Å². The number of likely N-dealkylation sites (tertiary alicyclic amines) is 1. The lowest BCUT2D eigenvalue weighted by Gasteiger charge is -2.34. The van der Waals surface area contributed by atoms with Gasteiger partial charge >= 0.3 is 6.03 Å². The van der Waals surface area contributed by atoms with Gasteiger partial charge in [0.15, 0.2) is 0 Å². The van der Waals surface area contributed by atoms with Crippen LogP contribution in [0.4, 0.5) is 14.9 Å². The van der Waals surface area contributed by atoms with Crippen LogP contribution in [0, 0.1) is 5.82 Å². The second kappa shape index (κ2) is 8.69. The second-order valence-corrected chi connectivity index (χ2v) is 5.59. The lowest BCUT2D eigenvalue weighted by molar-refractivity contribution is 0.0917. The molecule has 3 N–H and O–H groups in total. The van der Waals surface area contributed by atoms with Crippen molar-refractivity contribution in [2.75, 3.05) is 38.7 Å². The number of piperidine rings is 1. The van der Waals surface area contributed by atoms with Crippen molar-refractivity contribution in [3.8, 4) is 5.75 Å². The molecule has 7 heteroatoms. The average molecular weight is 325 g/mol. The van der Waals surface area contributed by atoms with E-state index in [4.69, 9.17) is 4.74 Å². The van der Waals surface area contributed by atoms with E-state index in [1.54, 1.807) is 6.07 Å². The molecule has 2 amide bonds. The Balaban J connectivity index is 1.76. The van der Waals surface area contributed by atoms with Gasteiger partial charge in [-0.25, -0.2) is 9.18 Å². The molecule has 1 aromatic carbocycles. The Labute approximate surface area is 135 Å². The number of hydrogen-bond donors (Lipinski definition) is 3. The zero-order valence-electron chi connectivity index (χ0n) is 13.3. The minimum Gasteiger partial charge on any atom is -0.497 e. The van der Waals surface area contributed by atoms with Crippen molar-refractivity contribution in [1.29, 1.82) is 0 Å². The molecule has 128 valence electrons. The van der Waals surface area contributed by atoms with Crippen LogP contribution in [0.15, 0.2) is 18.2 Å².